The number of anilines is 1. The third-order valence-corrected chi connectivity index (χ3v) is 7.13. The van der Waals surface area contributed by atoms with E-state index in [-0.39, 0.29) is 18.8 Å². The normalized spacial score (nSPS) is 19.3. The third-order valence-electron chi connectivity index (χ3n) is 7.13. The van der Waals surface area contributed by atoms with Gasteiger partial charge in [0.25, 0.3) is 0 Å². The summed E-state index contributed by atoms with van der Waals surface area (Å²) in [5.41, 5.74) is 9.34. The molecular formula is C29H38FN3O5. The van der Waals surface area contributed by atoms with Crippen LogP contribution >= 0.6 is 0 Å². The molecule has 0 aliphatic carbocycles. The van der Waals surface area contributed by atoms with E-state index in [0.29, 0.717) is 24.2 Å². The van der Waals surface area contributed by atoms with Crippen molar-refractivity contribution in [1.29, 1.82) is 0 Å². The SMILES string of the molecule is CC1=C(C(C)C)C(CC[C@@H](O)C[C@@H](O)CC(=O)O)(Cc2ccc(C)cc2)N(c2ccc(F)cc2)N1C(N)=O. The van der Waals surface area contributed by atoms with Gasteiger partial charge in [-0.05, 0) is 74.4 Å². The minimum absolute atomic E-state index is 0.0116. The van der Waals surface area contributed by atoms with Crippen LogP contribution in [0, 0.1) is 18.7 Å². The molecule has 0 saturated carbocycles. The number of amides is 2. The number of hydrogen-bond donors (Lipinski definition) is 4. The fourth-order valence-electron chi connectivity index (χ4n) is 5.74. The summed E-state index contributed by atoms with van der Waals surface area (Å²) in [6.07, 6.45) is -1.68. The summed E-state index contributed by atoms with van der Waals surface area (Å²) in [6, 6.07) is 13.2. The molecule has 0 saturated heterocycles. The number of aryl methyl sites for hydroxylation is 1. The zero-order chi connectivity index (χ0) is 28.2. The molecule has 38 heavy (non-hydrogen) atoms. The minimum Gasteiger partial charge on any atom is -0.481 e. The standard InChI is InChI=1S/C29H38FN3O5/c1-18(2)27-20(4)32(28(31)38)33(23-11-9-22(30)10-12-23)29(27,17-21-7-5-19(3)6-8-21)14-13-24(34)15-25(35)16-26(36)37/h5-12,18,24-25,34-35H,13-17H2,1-4H3,(H2,31,38)(H,36,37)/t24-,25-,29?/m1/s1. The minimum atomic E-state index is -1.18. The molecule has 0 aromatic heterocycles. The van der Waals surface area contributed by atoms with Crippen LogP contribution in [-0.4, -0.2) is 50.1 Å². The molecular weight excluding hydrogens is 489 g/mol. The second-order valence-corrected chi connectivity index (χ2v) is 10.5. The number of aliphatic hydroxyl groups excluding tert-OH is 2. The fraction of sp³-hybridized carbons (Fsp3) is 0.448. The van der Waals surface area contributed by atoms with E-state index in [0.717, 1.165) is 16.7 Å². The van der Waals surface area contributed by atoms with Gasteiger partial charge in [-0.3, -0.25) is 9.80 Å². The number of allylic oxidation sites excluding steroid dienone is 1. The van der Waals surface area contributed by atoms with Crippen LogP contribution in [0.2, 0.25) is 0 Å². The lowest BCUT2D eigenvalue weighted by atomic mass is 9.74. The van der Waals surface area contributed by atoms with Crippen molar-refractivity contribution in [3.05, 3.63) is 76.7 Å². The summed E-state index contributed by atoms with van der Waals surface area (Å²) in [7, 11) is 0. The number of carbonyl (C=O) groups excluding carboxylic acids is 1. The second kappa shape index (κ2) is 12.0. The van der Waals surface area contributed by atoms with E-state index in [1.54, 1.807) is 17.1 Å². The number of urea groups is 1. The Morgan fingerprint density at radius 2 is 1.61 bits per heavy atom. The Bertz CT molecular complexity index is 1170. The average molecular weight is 528 g/mol. The van der Waals surface area contributed by atoms with Crippen molar-refractivity contribution in [3.63, 3.8) is 0 Å². The smallest absolute Gasteiger partial charge is 0.338 e. The Morgan fingerprint density at radius 3 is 2.13 bits per heavy atom. The van der Waals surface area contributed by atoms with Crippen molar-refractivity contribution in [2.75, 3.05) is 5.01 Å². The molecule has 1 aliphatic heterocycles. The predicted octanol–water partition coefficient (Wildman–Crippen LogP) is 4.53. The first kappa shape index (κ1) is 29.1. The van der Waals surface area contributed by atoms with Gasteiger partial charge in [0.2, 0.25) is 0 Å². The van der Waals surface area contributed by atoms with Crippen LogP contribution in [0.25, 0.3) is 0 Å². The van der Waals surface area contributed by atoms with E-state index in [4.69, 9.17) is 10.8 Å². The maximum atomic E-state index is 13.9. The Morgan fingerprint density at radius 1 is 1.00 bits per heavy atom. The quantitative estimate of drug-likeness (QED) is 0.340. The number of nitrogens with zero attached hydrogens (tertiary/aromatic N) is 2. The Labute approximate surface area is 223 Å². The van der Waals surface area contributed by atoms with Crippen molar-refractivity contribution in [3.8, 4) is 0 Å². The molecule has 0 fully saturated rings. The molecule has 206 valence electrons. The first-order valence-electron chi connectivity index (χ1n) is 12.9. The lowest BCUT2D eigenvalue weighted by Crippen LogP contribution is -2.57. The zero-order valence-corrected chi connectivity index (χ0v) is 22.4. The number of carbonyl (C=O) groups is 2. The number of aliphatic carboxylic acids is 1. The van der Waals surface area contributed by atoms with Gasteiger partial charge in [0.1, 0.15) is 5.82 Å². The molecule has 5 N–H and O–H groups in total. The number of hydrazine groups is 1. The van der Waals surface area contributed by atoms with E-state index >= 15 is 0 Å². The van der Waals surface area contributed by atoms with Gasteiger partial charge in [0.15, 0.2) is 0 Å². The summed E-state index contributed by atoms with van der Waals surface area (Å²) in [5.74, 6) is -1.57. The number of rotatable bonds is 11. The molecule has 3 rings (SSSR count). The molecule has 1 aliphatic rings. The number of aliphatic hydroxyl groups is 2. The molecule has 1 heterocycles. The lowest BCUT2D eigenvalue weighted by molar-refractivity contribution is -0.139. The highest BCUT2D eigenvalue weighted by molar-refractivity contribution is 5.80. The Balaban J connectivity index is 2.14. The maximum absolute atomic E-state index is 13.9. The number of primary amides is 1. The molecule has 2 amide bonds. The van der Waals surface area contributed by atoms with Gasteiger partial charge in [-0.15, -0.1) is 0 Å². The summed E-state index contributed by atoms with van der Waals surface area (Å²) >= 11 is 0. The van der Waals surface area contributed by atoms with Crippen molar-refractivity contribution in [2.24, 2.45) is 11.7 Å². The molecule has 0 radical (unpaired) electrons. The molecule has 2 aromatic carbocycles. The zero-order valence-electron chi connectivity index (χ0n) is 22.4. The Hall–Kier alpha value is -3.43. The van der Waals surface area contributed by atoms with Crippen LogP contribution in [0.1, 0.15) is 57.6 Å². The monoisotopic (exact) mass is 527 g/mol. The van der Waals surface area contributed by atoms with E-state index in [9.17, 15) is 24.2 Å². The van der Waals surface area contributed by atoms with Crippen LogP contribution in [0.15, 0.2) is 59.8 Å². The largest absolute Gasteiger partial charge is 0.481 e. The summed E-state index contributed by atoms with van der Waals surface area (Å²) in [5, 5.41) is 33.1. The van der Waals surface area contributed by atoms with Crippen molar-refractivity contribution >= 4 is 17.7 Å². The first-order chi connectivity index (χ1) is 17.9. The molecule has 3 atom stereocenters. The lowest BCUT2D eigenvalue weighted by Gasteiger charge is -2.46. The summed E-state index contributed by atoms with van der Waals surface area (Å²) < 4.78 is 13.9. The molecule has 0 bridgehead atoms. The average Bonchev–Trinajstić information content (AvgIpc) is 3.07. The van der Waals surface area contributed by atoms with Gasteiger partial charge in [0, 0.05) is 12.1 Å². The molecule has 8 nitrogen and oxygen atoms in total. The molecule has 9 heteroatoms. The number of halogens is 1. The maximum Gasteiger partial charge on any atom is 0.338 e. The van der Waals surface area contributed by atoms with Gasteiger partial charge in [-0.2, -0.15) is 0 Å². The van der Waals surface area contributed by atoms with E-state index < -0.39 is 42.0 Å². The van der Waals surface area contributed by atoms with Crippen LogP contribution in [0.4, 0.5) is 14.9 Å². The fourth-order valence-corrected chi connectivity index (χ4v) is 5.74. The number of nitrogens with two attached hydrogens (primary N) is 1. The van der Waals surface area contributed by atoms with Crippen LogP contribution in [-0.2, 0) is 11.2 Å². The van der Waals surface area contributed by atoms with Gasteiger partial charge in [0.05, 0.1) is 29.9 Å². The van der Waals surface area contributed by atoms with E-state index in [1.807, 2.05) is 52.0 Å². The highest BCUT2D eigenvalue weighted by atomic mass is 19.1. The summed E-state index contributed by atoms with van der Waals surface area (Å²) in [6.45, 7) is 7.89. The number of hydrogen-bond acceptors (Lipinski definition) is 5. The number of benzene rings is 2. The van der Waals surface area contributed by atoms with Crippen LogP contribution < -0.4 is 10.7 Å². The number of carboxylic acid groups (broad SMARTS) is 1. The van der Waals surface area contributed by atoms with E-state index in [1.165, 1.54) is 17.1 Å². The van der Waals surface area contributed by atoms with E-state index in [2.05, 4.69) is 0 Å². The Kier molecular flexibility index (Phi) is 9.17. The van der Waals surface area contributed by atoms with Crippen LogP contribution in [0.5, 0.6) is 0 Å². The molecule has 1 unspecified atom stereocenters. The van der Waals surface area contributed by atoms with Gasteiger partial charge in [-0.1, -0.05) is 43.7 Å². The summed E-state index contributed by atoms with van der Waals surface area (Å²) in [4.78, 5) is 23.8. The van der Waals surface area contributed by atoms with Crippen molar-refractivity contribution in [2.45, 2.75) is 77.5 Å². The first-order valence-corrected chi connectivity index (χ1v) is 12.9. The van der Waals surface area contributed by atoms with Gasteiger partial charge >= 0.3 is 12.0 Å². The van der Waals surface area contributed by atoms with Gasteiger partial charge in [-0.25, -0.2) is 14.2 Å². The van der Waals surface area contributed by atoms with Gasteiger partial charge < -0.3 is 21.1 Å². The predicted molar refractivity (Wildman–Crippen MR) is 144 cm³/mol. The molecule has 0 spiro atoms. The highest BCUT2D eigenvalue weighted by Gasteiger charge is 2.52. The van der Waals surface area contributed by atoms with Crippen molar-refractivity contribution < 1.29 is 29.3 Å². The topological polar surface area (TPSA) is 127 Å². The molecule has 2 aromatic rings. The second-order valence-electron chi connectivity index (χ2n) is 10.5. The third kappa shape index (κ3) is 6.34. The number of carboxylic acids is 1. The van der Waals surface area contributed by atoms with Crippen molar-refractivity contribution in [1.82, 2.24) is 5.01 Å². The van der Waals surface area contributed by atoms with Crippen LogP contribution in [0.3, 0.4) is 0 Å². The highest BCUT2D eigenvalue weighted by Crippen LogP contribution is 2.49.